The molecule has 1 saturated heterocycles. The molecule has 1 aliphatic rings. The minimum Gasteiger partial charge on any atom is -0.588 e. The number of anilines is 1. The lowest BCUT2D eigenvalue weighted by Gasteiger charge is -2.38. The van der Waals surface area contributed by atoms with Gasteiger partial charge in [-0.15, -0.1) is 11.3 Å². The van der Waals surface area contributed by atoms with E-state index >= 15 is 0 Å². The molecule has 5 N–H and O–H groups in total. The number of carbonyl (C=O) groups is 1. The lowest BCUT2D eigenvalue weighted by molar-refractivity contribution is 0.0147. The number of carbonyl (C=O) groups excluding carboxylic acids is 1. The lowest BCUT2D eigenvalue weighted by Crippen LogP contribution is -2.48. The van der Waals surface area contributed by atoms with Gasteiger partial charge >= 0.3 is 0 Å². The number of aromatic nitrogens is 1. The van der Waals surface area contributed by atoms with Crippen LogP contribution in [-0.4, -0.2) is 50.4 Å². The maximum atomic E-state index is 12.9. The van der Waals surface area contributed by atoms with Gasteiger partial charge in [-0.3, -0.25) is 4.79 Å². The molecule has 1 aromatic heterocycles. The summed E-state index contributed by atoms with van der Waals surface area (Å²) in [7, 11) is 0. The van der Waals surface area contributed by atoms with Crippen molar-refractivity contribution in [1.82, 2.24) is 9.88 Å². The SMILES string of the molecule is N=CC(=CN)C1(O)CCN(C(=O)c2ccc(N[S+]([O-])c3cccc4scnc34)cc2)CC1. The number of fused-ring (bicyclic) bond motifs is 1. The van der Waals surface area contributed by atoms with Crippen molar-refractivity contribution in [2.75, 3.05) is 17.8 Å². The standard InChI is InChI=1S/C22H23N5O3S2/c23-12-16(13-24)22(29)8-10-27(11-9-22)21(28)15-4-6-17(7-5-15)26-32(30)19-3-1-2-18-20(19)25-14-31-18/h1-7,12-14,23,26,29H,8-11,24H2. The Morgan fingerprint density at radius 3 is 2.66 bits per heavy atom. The zero-order valence-electron chi connectivity index (χ0n) is 17.2. The van der Waals surface area contributed by atoms with E-state index in [9.17, 15) is 14.5 Å². The number of amides is 1. The van der Waals surface area contributed by atoms with Crippen molar-refractivity contribution in [1.29, 1.82) is 5.41 Å². The van der Waals surface area contributed by atoms with E-state index in [0.29, 0.717) is 47.7 Å². The molecule has 0 aliphatic carbocycles. The highest BCUT2D eigenvalue weighted by Gasteiger charge is 2.36. The molecule has 2 heterocycles. The number of nitrogens with zero attached hydrogens (tertiary/aromatic N) is 2. The van der Waals surface area contributed by atoms with Crippen molar-refractivity contribution in [2.45, 2.75) is 23.3 Å². The quantitative estimate of drug-likeness (QED) is 0.323. The lowest BCUT2D eigenvalue weighted by atomic mass is 9.84. The first kappa shape index (κ1) is 22.3. The van der Waals surface area contributed by atoms with E-state index in [2.05, 4.69) is 9.71 Å². The topological polar surface area (TPSA) is 138 Å². The molecule has 2 aromatic carbocycles. The molecule has 4 rings (SSSR count). The van der Waals surface area contributed by atoms with Gasteiger partial charge in [-0.1, -0.05) is 6.07 Å². The molecule has 8 nitrogen and oxygen atoms in total. The Morgan fingerprint density at radius 2 is 2.00 bits per heavy atom. The van der Waals surface area contributed by atoms with Crippen LogP contribution >= 0.6 is 11.3 Å². The third kappa shape index (κ3) is 4.35. The largest absolute Gasteiger partial charge is 0.588 e. The Morgan fingerprint density at radius 1 is 1.28 bits per heavy atom. The highest BCUT2D eigenvalue weighted by molar-refractivity contribution is 7.93. The molecule has 1 unspecified atom stereocenters. The van der Waals surface area contributed by atoms with Crippen LogP contribution in [-0.2, 0) is 11.4 Å². The van der Waals surface area contributed by atoms with Crippen molar-refractivity contribution in [3.05, 3.63) is 65.3 Å². The number of aliphatic hydroxyl groups is 1. The van der Waals surface area contributed by atoms with Gasteiger partial charge in [-0.25, -0.2) is 9.71 Å². The van der Waals surface area contributed by atoms with Crippen LogP contribution in [0.4, 0.5) is 5.69 Å². The number of nitrogens with one attached hydrogen (secondary N) is 2. The van der Waals surface area contributed by atoms with E-state index in [1.807, 2.05) is 12.1 Å². The first-order chi connectivity index (χ1) is 15.4. The van der Waals surface area contributed by atoms with Gasteiger partial charge in [0, 0.05) is 36.6 Å². The highest BCUT2D eigenvalue weighted by Crippen LogP contribution is 2.30. The maximum Gasteiger partial charge on any atom is 0.253 e. The molecule has 1 amide bonds. The second-order valence-corrected chi connectivity index (χ2v) is 9.56. The zero-order chi connectivity index (χ0) is 22.7. The fourth-order valence-corrected chi connectivity index (χ4v) is 5.51. The number of likely N-dealkylation sites (tertiary alicyclic amines) is 1. The Labute approximate surface area is 192 Å². The normalized spacial score (nSPS) is 17.2. The van der Waals surface area contributed by atoms with Crippen LogP contribution in [0, 0.1) is 5.41 Å². The molecule has 0 spiro atoms. The van der Waals surface area contributed by atoms with E-state index in [1.54, 1.807) is 40.7 Å². The molecule has 10 heteroatoms. The first-order valence-electron chi connectivity index (χ1n) is 10.0. The van der Waals surface area contributed by atoms with Crippen LogP contribution in [0.5, 0.6) is 0 Å². The maximum absolute atomic E-state index is 12.9. The van der Waals surface area contributed by atoms with Gasteiger partial charge in [0.15, 0.2) is 0 Å². The van der Waals surface area contributed by atoms with Gasteiger partial charge in [-0.2, -0.15) is 0 Å². The van der Waals surface area contributed by atoms with Crippen molar-refractivity contribution in [2.24, 2.45) is 5.73 Å². The summed E-state index contributed by atoms with van der Waals surface area (Å²) < 4.78 is 16.7. The second-order valence-electron chi connectivity index (χ2n) is 7.49. The van der Waals surface area contributed by atoms with E-state index in [0.717, 1.165) is 16.4 Å². The van der Waals surface area contributed by atoms with Crippen LogP contribution in [0.3, 0.4) is 0 Å². The molecular weight excluding hydrogens is 446 g/mol. The van der Waals surface area contributed by atoms with E-state index in [1.165, 1.54) is 17.5 Å². The molecule has 32 heavy (non-hydrogen) atoms. The number of benzene rings is 2. The number of rotatable bonds is 6. The predicted molar refractivity (Wildman–Crippen MR) is 127 cm³/mol. The number of para-hydroxylation sites is 1. The second kappa shape index (κ2) is 9.29. The third-order valence-electron chi connectivity index (χ3n) is 5.62. The van der Waals surface area contributed by atoms with E-state index in [4.69, 9.17) is 11.1 Å². The van der Waals surface area contributed by atoms with Crippen LogP contribution in [0.2, 0.25) is 0 Å². The monoisotopic (exact) mass is 469 g/mol. The van der Waals surface area contributed by atoms with Crippen LogP contribution in [0.1, 0.15) is 23.2 Å². The summed E-state index contributed by atoms with van der Waals surface area (Å²) in [6, 6.07) is 12.4. The summed E-state index contributed by atoms with van der Waals surface area (Å²) in [5.74, 6) is -0.139. The first-order valence-corrected chi connectivity index (χ1v) is 12.0. The zero-order valence-corrected chi connectivity index (χ0v) is 18.8. The van der Waals surface area contributed by atoms with Crippen molar-refractivity contribution in [3.63, 3.8) is 0 Å². The number of hydrogen-bond donors (Lipinski definition) is 4. The summed E-state index contributed by atoms with van der Waals surface area (Å²) in [6.07, 6.45) is 2.94. The Bertz CT molecular complexity index is 1150. The van der Waals surface area contributed by atoms with Crippen molar-refractivity contribution in [3.8, 4) is 0 Å². The molecule has 166 valence electrons. The average molecular weight is 470 g/mol. The van der Waals surface area contributed by atoms with Crippen molar-refractivity contribution >= 4 is 50.7 Å². The smallest absolute Gasteiger partial charge is 0.253 e. The summed E-state index contributed by atoms with van der Waals surface area (Å²) in [6.45, 7) is 0.727. The Hall–Kier alpha value is -2.92. The number of nitrogens with two attached hydrogens (primary N) is 1. The molecule has 1 atom stereocenters. The number of piperidine rings is 1. The number of hydrogen-bond acceptors (Lipinski definition) is 8. The predicted octanol–water partition coefficient (Wildman–Crippen LogP) is 2.89. The average Bonchev–Trinajstić information content (AvgIpc) is 3.29. The molecule has 0 bridgehead atoms. The fourth-order valence-electron chi connectivity index (χ4n) is 3.74. The van der Waals surface area contributed by atoms with E-state index < -0.39 is 17.0 Å². The molecular formula is C22H23N5O3S2. The summed E-state index contributed by atoms with van der Waals surface area (Å²) >= 11 is 0.00925. The van der Waals surface area contributed by atoms with Gasteiger partial charge in [-0.05, 0) is 49.2 Å². The van der Waals surface area contributed by atoms with E-state index in [-0.39, 0.29) is 5.91 Å². The minimum absolute atomic E-state index is 0.139. The third-order valence-corrected chi connectivity index (χ3v) is 7.56. The summed E-state index contributed by atoms with van der Waals surface area (Å²) in [5, 5.41) is 18.1. The summed E-state index contributed by atoms with van der Waals surface area (Å²) in [4.78, 5) is 19.4. The van der Waals surface area contributed by atoms with Crippen LogP contribution < -0.4 is 10.5 Å². The van der Waals surface area contributed by atoms with Crippen molar-refractivity contribution < 1.29 is 14.5 Å². The molecule has 0 saturated carbocycles. The molecule has 1 fully saturated rings. The Kier molecular flexibility index (Phi) is 6.47. The molecule has 1 aliphatic heterocycles. The fraction of sp³-hybridized carbons (Fsp3) is 0.227. The minimum atomic E-state index is -1.49. The highest BCUT2D eigenvalue weighted by atomic mass is 32.2. The van der Waals surface area contributed by atoms with Gasteiger partial charge in [0.25, 0.3) is 5.91 Å². The van der Waals surface area contributed by atoms with Gasteiger partial charge in [0.1, 0.15) is 16.9 Å². The molecule has 3 aromatic rings. The number of thiazole rings is 1. The van der Waals surface area contributed by atoms with Crippen LogP contribution in [0.25, 0.3) is 10.2 Å². The van der Waals surface area contributed by atoms with Gasteiger partial charge in [0.2, 0.25) is 4.90 Å². The van der Waals surface area contributed by atoms with Gasteiger partial charge < -0.3 is 25.7 Å². The van der Waals surface area contributed by atoms with Gasteiger partial charge in [0.05, 0.1) is 21.5 Å². The summed E-state index contributed by atoms with van der Waals surface area (Å²) in [5.41, 5.74) is 8.28. The Balaban J connectivity index is 1.40. The van der Waals surface area contributed by atoms with Crippen LogP contribution in [0.15, 0.2) is 64.6 Å². The molecule has 0 radical (unpaired) electrons.